The summed E-state index contributed by atoms with van der Waals surface area (Å²) in [6, 6.07) is 9.24. The second-order valence-electron chi connectivity index (χ2n) is 8.29. The van der Waals surface area contributed by atoms with Crippen LogP contribution in [0.4, 0.5) is 11.8 Å². The molecule has 162 valence electrons. The summed E-state index contributed by atoms with van der Waals surface area (Å²) in [5.41, 5.74) is 8.26. The Balaban J connectivity index is 1.54. The molecular weight excluding hydrogens is 416 g/mol. The topological polar surface area (TPSA) is 123 Å². The number of ether oxygens (including phenoxy) is 1. The number of nitrogens with zero attached hydrogens (tertiary/aromatic N) is 4. The van der Waals surface area contributed by atoms with E-state index in [-0.39, 0.29) is 17.2 Å². The van der Waals surface area contributed by atoms with Gasteiger partial charge in [-0.05, 0) is 31.2 Å². The molecule has 0 saturated carbocycles. The molecule has 5 rings (SSSR count). The van der Waals surface area contributed by atoms with Crippen LogP contribution in [0.3, 0.4) is 0 Å². The molecule has 2 aromatic heterocycles. The number of rotatable bonds is 4. The molecule has 2 aliphatic heterocycles. The van der Waals surface area contributed by atoms with Crippen molar-refractivity contribution >= 4 is 32.5 Å². The lowest BCUT2D eigenvalue weighted by Crippen LogP contribution is -2.61. The van der Waals surface area contributed by atoms with E-state index in [1.807, 2.05) is 30.0 Å². The lowest BCUT2D eigenvalue weighted by atomic mass is 9.99. The van der Waals surface area contributed by atoms with Crippen molar-refractivity contribution in [3.63, 3.8) is 0 Å². The maximum Gasteiger partial charge on any atom is 0.228 e. The summed E-state index contributed by atoms with van der Waals surface area (Å²) in [6.07, 6.45) is 1.61. The van der Waals surface area contributed by atoms with E-state index in [2.05, 4.69) is 10.3 Å². The van der Waals surface area contributed by atoms with E-state index in [1.54, 1.807) is 18.3 Å². The number of pyridine rings is 1. The largest absolute Gasteiger partial charge is 0.377 e. The van der Waals surface area contributed by atoms with Gasteiger partial charge in [-0.1, -0.05) is 11.6 Å². The summed E-state index contributed by atoms with van der Waals surface area (Å²) in [4.78, 5) is 16.0. The summed E-state index contributed by atoms with van der Waals surface area (Å²) < 4.78 is 30.6. The predicted molar refractivity (Wildman–Crippen MR) is 118 cm³/mol. The molecule has 0 aliphatic carbocycles. The number of anilines is 2. The molecule has 4 heterocycles. The second-order valence-corrected chi connectivity index (χ2v) is 10.4. The molecule has 0 unspecified atom stereocenters. The third-order valence-electron chi connectivity index (χ3n) is 5.66. The minimum absolute atomic E-state index is 0.0208. The number of fused-ring (bicyclic) bond motifs is 2. The van der Waals surface area contributed by atoms with E-state index < -0.39 is 15.4 Å². The van der Waals surface area contributed by atoms with Crippen molar-refractivity contribution in [1.29, 1.82) is 0 Å². The first-order chi connectivity index (χ1) is 14.8. The number of hydrogen-bond donors (Lipinski definition) is 2. The Morgan fingerprint density at radius 3 is 2.87 bits per heavy atom. The van der Waals surface area contributed by atoms with E-state index in [4.69, 9.17) is 20.4 Å². The van der Waals surface area contributed by atoms with Crippen molar-refractivity contribution < 1.29 is 13.2 Å². The summed E-state index contributed by atoms with van der Waals surface area (Å²) in [5.74, 6) is 1.12. The maximum absolute atomic E-state index is 12.7. The molecule has 1 saturated heterocycles. The first-order valence-corrected chi connectivity index (χ1v) is 11.8. The number of hydrogen-bond acceptors (Lipinski definition) is 9. The highest BCUT2D eigenvalue weighted by atomic mass is 32.2. The van der Waals surface area contributed by atoms with Crippen molar-refractivity contribution in [3.05, 3.63) is 47.8 Å². The standard InChI is InChI=1S/C21H24N6O3S/c1-14-4-5-16-15(9-14)19(24-11-21(22)12-30-13-21)26-20(25-16)27-7-8-31(28,29)18-3-2-6-23-17(18)10-27/h2-6,9H,7-8,10-13,22H2,1H3,(H,24,25,26). The smallest absolute Gasteiger partial charge is 0.228 e. The Morgan fingerprint density at radius 1 is 1.26 bits per heavy atom. The van der Waals surface area contributed by atoms with Crippen molar-refractivity contribution in [2.45, 2.75) is 23.9 Å². The molecule has 1 fully saturated rings. The average molecular weight is 441 g/mol. The van der Waals surface area contributed by atoms with Gasteiger partial charge in [-0.2, -0.15) is 4.98 Å². The van der Waals surface area contributed by atoms with Gasteiger partial charge in [0.25, 0.3) is 0 Å². The molecule has 0 radical (unpaired) electrons. The van der Waals surface area contributed by atoms with Crippen molar-refractivity contribution in [2.75, 3.05) is 42.3 Å². The molecule has 1 aromatic carbocycles. The molecule has 0 atom stereocenters. The Hall–Kier alpha value is -2.82. The summed E-state index contributed by atoms with van der Waals surface area (Å²) >= 11 is 0. The van der Waals surface area contributed by atoms with Gasteiger partial charge >= 0.3 is 0 Å². The zero-order valence-corrected chi connectivity index (χ0v) is 18.0. The number of aromatic nitrogens is 3. The first-order valence-electron chi connectivity index (χ1n) is 10.1. The quantitative estimate of drug-likeness (QED) is 0.617. The fourth-order valence-corrected chi connectivity index (χ4v) is 5.27. The summed E-state index contributed by atoms with van der Waals surface area (Å²) in [5, 5.41) is 4.27. The van der Waals surface area contributed by atoms with Gasteiger partial charge in [0.2, 0.25) is 5.95 Å². The SMILES string of the molecule is Cc1ccc2nc(N3CCS(=O)(=O)c4cccnc4C3)nc(NCC3(N)COC3)c2c1. The van der Waals surface area contributed by atoms with Gasteiger partial charge in [-0.25, -0.2) is 13.4 Å². The molecular formula is C21H24N6O3S. The van der Waals surface area contributed by atoms with Crippen LogP contribution in [-0.4, -0.2) is 61.0 Å². The normalized spacial score (nSPS) is 19.4. The third-order valence-corrected chi connectivity index (χ3v) is 7.43. The highest BCUT2D eigenvalue weighted by molar-refractivity contribution is 7.91. The van der Waals surface area contributed by atoms with Gasteiger partial charge in [0.05, 0.1) is 47.2 Å². The van der Waals surface area contributed by atoms with Crippen LogP contribution in [0.2, 0.25) is 0 Å². The van der Waals surface area contributed by atoms with E-state index >= 15 is 0 Å². The van der Waals surface area contributed by atoms with Gasteiger partial charge in [0.15, 0.2) is 9.84 Å². The minimum atomic E-state index is -3.41. The Kier molecular flexibility index (Phi) is 4.80. The monoisotopic (exact) mass is 440 g/mol. The van der Waals surface area contributed by atoms with Crippen LogP contribution in [0.15, 0.2) is 41.4 Å². The fraction of sp³-hybridized carbons (Fsp3) is 0.381. The number of sulfone groups is 1. The molecule has 9 nitrogen and oxygen atoms in total. The lowest BCUT2D eigenvalue weighted by molar-refractivity contribution is -0.0461. The molecule has 0 bridgehead atoms. The van der Waals surface area contributed by atoms with E-state index in [9.17, 15) is 8.42 Å². The average Bonchev–Trinajstić information content (AvgIpc) is 2.87. The van der Waals surface area contributed by atoms with Crippen LogP contribution >= 0.6 is 0 Å². The third kappa shape index (κ3) is 3.82. The number of nitrogens with one attached hydrogen (secondary N) is 1. The van der Waals surface area contributed by atoms with Crippen molar-refractivity contribution in [3.8, 4) is 0 Å². The van der Waals surface area contributed by atoms with E-state index in [0.29, 0.717) is 43.8 Å². The second kappa shape index (κ2) is 7.40. The molecule has 3 aromatic rings. The summed E-state index contributed by atoms with van der Waals surface area (Å²) in [6.45, 7) is 4.14. The van der Waals surface area contributed by atoms with Crippen LogP contribution in [0.1, 0.15) is 11.3 Å². The van der Waals surface area contributed by atoms with Crippen LogP contribution in [0.25, 0.3) is 10.9 Å². The Morgan fingerprint density at radius 2 is 2.10 bits per heavy atom. The molecule has 0 spiro atoms. The van der Waals surface area contributed by atoms with Crippen LogP contribution in [0.5, 0.6) is 0 Å². The van der Waals surface area contributed by atoms with Crippen LogP contribution < -0.4 is 16.0 Å². The zero-order valence-electron chi connectivity index (χ0n) is 17.2. The molecule has 2 aliphatic rings. The zero-order chi connectivity index (χ0) is 21.6. The van der Waals surface area contributed by atoms with Gasteiger partial charge in [0, 0.05) is 24.7 Å². The van der Waals surface area contributed by atoms with Gasteiger partial charge in [-0.3, -0.25) is 4.98 Å². The van der Waals surface area contributed by atoms with Crippen molar-refractivity contribution in [2.24, 2.45) is 5.73 Å². The highest BCUT2D eigenvalue weighted by Crippen LogP contribution is 2.28. The van der Waals surface area contributed by atoms with Gasteiger partial charge in [-0.15, -0.1) is 0 Å². The van der Waals surface area contributed by atoms with Crippen LogP contribution in [-0.2, 0) is 21.1 Å². The van der Waals surface area contributed by atoms with Crippen molar-refractivity contribution in [1.82, 2.24) is 15.0 Å². The lowest BCUT2D eigenvalue weighted by Gasteiger charge is -2.38. The van der Waals surface area contributed by atoms with Crippen LogP contribution in [0, 0.1) is 6.92 Å². The highest BCUT2D eigenvalue weighted by Gasteiger charge is 2.34. The molecule has 31 heavy (non-hydrogen) atoms. The van der Waals surface area contributed by atoms with E-state index in [0.717, 1.165) is 16.5 Å². The Bertz CT molecular complexity index is 1260. The Labute approximate surface area is 180 Å². The molecule has 0 amide bonds. The van der Waals surface area contributed by atoms with E-state index in [1.165, 1.54) is 0 Å². The first kappa shape index (κ1) is 20.1. The van der Waals surface area contributed by atoms with Gasteiger partial charge < -0.3 is 20.7 Å². The van der Waals surface area contributed by atoms with Gasteiger partial charge in [0.1, 0.15) is 5.82 Å². The number of aryl methyl sites for hydroxylation is 1. The summed E-state index contributed by atoms with van der Waals surface area (Å²) in [7, 11) is -3.41. The molecule has 10 heteroatoms. The fourth-order valence-electron chi connectivity index (χ4n) is 3.83. The number of nitrogens with two attached hydrogens (primary N) is 1. The molecule has 3 N–H and O–H groups in total. The maximum atomic E-state index is 12.7. The number of benzene rings is 1. The predicted octanol–water partition coefficient (Wildman–Crippen LogP) is 1.27. The minimum Gasteiger partial charge on any atom is -0.377 e.